The van der Waals surface area contributed by atoms with E-state index in [-0.39, 0.29) is 18.6 Å². The molecule has 0 fully saturated rings. The molecule has 0 aliphatic heterocycles. The number of hydrogen-bond donors (Lipinski definition) is 1. The highest BCUT2D eigenvalue weighted by atomic mass is 32.1. The lowest BCUT2D eigenvalue weighted by molar-refractivity contribution is -0.146. The van der Waals surface area contributed by atoms with Crippen LogP contribution in [0.4, 0.5) is 5.00 Å². The van der Waals surface area contributed by atoms with Gasteiger partial charge in [-0.2, -0.15) is 0 Å². The van der Waals surface area contributed by atoms with Crippen LogP contribution < -0.4 is 14.8 Å². The van der Waals surface area contributed by atoms with E-state index in [1.54, 1.807) is 30.5 Å². The fourth-order valence-corrected chi connectivity index (χ4v) is 4.65. The van der Waals surface area contributed by atoms with Crippen molar-refractivity contribution in [2.75, 3.05) is 32.8 Å². The molecule has 2 heterocycles. The van der Waals surface area contributed by atoms with Crippen LogP contribution in [-0.4, -0.2) is 45.3 Å². The zero-order valence-corrected chi connectivity index (χ0v) is 20.0. The van der Waals surface area contributed by atoms with Crippen molar-refractivity contribution in [3.8, 4) is 22.6 Å². The van der Waals surface area contributed by atoms with Crippen molar-refractivity contribution in [1.29, 1.82) is 0 Å². The minimum Gasteiger partial charge on any atom is -0.493 e. The zero-order valence-electron chi connectivity index (χ0n) is 18.3. The highest BCUT2D eigenvalue weighted by molar-refractivity contribution is 7.15. The van der Waals surface area contributed by atoms with Crippen LogP contribution in [-0.2, 0) is 25.5 Å². The van der Waals surface area contributed by atoms with Gasteiger partial charge in [-0.05, 0) is 36.1 Å². The van der Waals surface area contributed by atoms with Gasteiger partial charge in [-0.25, -0.2) is 4.79 Å². The van der Waals surface area contributed by atoms with Crippen molar-refractivity contribution in [3.63, 3.8) is 0 Å². The Hall–Kier alpha value is -3.37. The average molecular weight is 490 g/mol. The van der Waals surface area contributed by atoms with Crippen LogP contribution in [0.15, 0.2) is 41.1 Å². The second-order valence-electron chi connectivity index (χ2n) is 6.61. The fraction of sp³-hybridized carbons (Fsp3) is 0.261. The molecular weight excluding hydrogens is 466 g/mol. The molecule has 0 aliphatic rings. The van der Waals surface area contributed by atoms with Gasteiger partial charge in [0, 0.05) is 15.8 Å². The Morgan fingerprint density at radius 3 is 2.45 bits per heavy atom. The average Bonchev–Trinajstić information content (AvgIpc) is 3.47. The number of thiophene rings is 2. The second-order valence-corrected chi connectivity index (χ2v) is 8.52. The summed E-state index contributed by atoms with van der Waals surface area (Å²) in [7, 11) is 3.06. The lowest BCUT2D eigenvalue weighted by Crippen LogP contribution is -2.22. The van der Waals surface area contributed by atoms with E-state index < -0.39 is 24.5 Å². The number of ether oxygens (including phenoxy) is 4. The summed E-state index contributed by atoms with van der Waals surface area (Å²) >= 11 is 2.61. The molecule has 0 radical (unpaired) electrons. The number of carbonyl (C=O) groups is 3. The van der Waals surface area contributed by atoms with E-state index in [0.29, 0.717) is 27.6 Å². The van der Waals surface area contributed by atoms with Crippen molar-refractivity contribution in [3.05, 3.63) is 51.5 Å². The molecule has 1 N–H and O–H groups in total. The Balaban J connectivity index is 1.78. The van der Waals surface area contributed by atoms with E-state index in [0.717, 1.165) is 4.88 Å². The molecule has 10 heteroatoms. The first-order chi connectivity index (χ1) is 16.0. The van der Waals surface area contributed by atoms with Gasteiger partial charge in [-0.15, -0.1) is 22.7 Å². The minimum absolute atomic E-state index is 0.0987. The number of carbonyl (C=O) groups excluding carboxylic acids is 3. The van der Waals surface area contributed by atoms with E-state index in [4.69, 9.17) is 18.9 Å². The molecule has 0 spiro atoms. The van der Waals surface area contributed by atoms with Crippen LogP contribution in [0, 0.1) is 0 Å². The summed E-state index contributed by atoms with van der Waals surface area (Å²) in [5.74, 6) is -0.587. The Morgan fingerprint density at radius 1 is 1.00 bits per heavy atom. The van der Waals surface area contributed by atoms with Gasteiger partial charge >= 0.3 is 11.9 Å². The maximum atomic E-state index is 12.7. The quantitative estimate of drug-likeness (QED) is 0.422. The Labute approximate surface area is 199 Å². The van der Waals surface area contributed by atoms with Gasteiger partial charge in [0.05, 0.1) is 27.2 Å². The molecule has 0 atom stereocenters. The standard InChI is InChI=1S/C23H23NO7S2/c1-4-30-23(27)21-16(14-7-8-17(28-2)18(10-14)29-3)13-33-22(21)24-19(25)12-31-20(26)11-15-6-5-9-32-15/h5-10,13H,4,11-12H2,1-3H3,(H,24,25). The molecule has 33 heavy (non-hydrogen) atoms. The highest BCUT2D eigenvalue weighted by Gasteiger charge is 2.24. The van der Waals surface area contributed by atoms with E-state index >= 15 is 0 Å². The number of hydrogen-bond acceptors (Lipinski definition) is 9. The number of benzene rings is 1. The third-order valence-corrected chi connectivity index (χ3v) is 6.25. The van der Waals surface area contributed by atoms with Gasteiger partial charge < -0.3 is 24.3 Å². The van der Waals surface area contributed by atoms with Crippen molar-refractivity contribution in [2.24, 2.45) is 0 Å². The monoisotopic (exact) mass is 489 g/mol. The molecular formula is C23H23NO7S2. The summed E-state index contributed by atoms with van der Waals surface area (Å²) in [6, 6.07) is 8.90. The van der Waals surface area contributed by atoms with Gasteiger partial charge in [-0.1, -0.05) is 12.1 Å². The van der Waals surface area contributed by atoms with Gasteiger partial charge in [0.25, 0.3) is 5.91 Å². The maximum Gasteiger partial charge on any atom is 0.341 e. The van der Waals surface area contributed by atoms with Gasteiger partial charge in [0.2, 0.25) is 0 Å². The summed E-state index contributed by atoms with van der Waals surface area (Å²) in [5.41, 5.74) is 1.48. The molecule has 0 aliphatic carbocycles. The van der Waals surface area contributed by atoms with Crippen molar-refractivity contribution < 1.29 is 33.3 Å². The van der Waals surface area contributed by atoms with Crippen LogP contribution >= 0.6 is 22.7 Å². The number of rotatable bonds is 10. The van der Waals surface area contributed by atoms with E-state index in [1.165, 1.54) is 36.9 Å². The summed E-state index contributed by atoms with van der Waals surface area (Å²) in [4.78, 5) is 37.9. The topological polar surface area (TPSA) is 100 Å². The lowest BCUT2D eigenvalue weighted by Gasteiger charge is -2.11. The molecule has 0 unspecified atom stereocenters. The Bertz CT molecular complexity index is 1120. The molecule has 0 saturated heterocycles. The van der Waals surface area contributed by atoms with Crippen molar-refractivity contribution in [2.45, 2.75) is 13.3 Å². The fourth-order valence-electron chi connectivity index (χ4n) is 2.99. The van der Waals surface area contributed by atoms with Crippen LogP contribution in [0.1, 0.15) is 22.2 Å². The van der Waals surface area contributed by atoms with Crippen molar-refractivity contribution >= 4 is 45.5 Å². The molecule has 0 bridgehead atoms. The maximum absolute atomic E-state index is 12.7. The van der Waals surface area contributed by atoms with E-state index in [9.17, 15) is 14.4 Å². The van der Waals surface area contributed by atoms with Crippen LogP contribution in [0.5, 0.6) is 11.5 Å². The predicted octanol–water partition coefficient (Wildman–Crippen LogP) is 4.39. The zero-order chi connectivity index (χ0) is 23.8. The van der Waals surface area contributed by atoms with Crippen LogP contribution in [0.25, 0.3) is 11.1 Å². The number of nitrogens with one attached hydrogen (secondary N) is 1. The largest absolute Gasteiger partial charge is 0.493 e. The van der Waals surface area contributed by atoms with Gasteiger partial charge in [0.15, 0.2) is 18.1 Å². The molecule has 1 amide bonds. The predicted molar refractivity (Wildman–Crippen MR) is 126 cm³/mol. The third kappa shape index (κ3) is 6.11. The lowest BCUT2D eigenvalue weighted by atomic mass is 10.0. The number of amides is 1. The summed E-state index contributed by atoms with van der Waals surface area (Å²) in [6.45, 7) is 1.41. The first-order valence-electron chi connectivity index (χ1n) is 9.95. The molecule has 3 aromatic rings. The molecule has 3 rings (SSSR count). The first kappa shape index (κ1) is 24.3. The third-order valence-electron chi connectivity index (χ3n) is 4.48. The number of methoxy groups -OCH3 is 2. The molecule has 2 aromatic heterocycles. The summed E-state index contributed by atoms with van der Waals surface area (Å²) < 4.78 is 20.9. The minimum atomic E-state index is -0.575. The van der Waals surface area contributed by atoms with E-state index in [1.807, 2.05) is 17.5 Å². The first-order valence-corrected chi connectivity index (χ1v) is 11.7. The van der Waals surface area contributed by atoms with E-state index in [2.05, 4.69) is 5.32 Å². The van der Waals surface area contributed by atoms with Gasteiger partial charge in [-0.3, -0.25) is 9.59 Å². The smallest absolute Gasteiger partial charge is 0.341 e. The SMILES string of the molecule is CCOC(=O)c1c(-c2ccc(OC)c(OC)c2)csc1NC(=O)COC(=O)Cc1cccs1. The summed E-state index contributed by atoms with van der Waals surface area (Å²) in [6.07, 6.45) is 0.0987. The summed E-state index contributed by atoms with van der Waals surface area (Å²) in [5, 5.41) is 6.56. The van der Waals surface area contributed by atoms with Gasteiger partial charge in [0.1, 0.15) is 10.6 Å². The normalized spacial score (nSPS) is 10.4. The molecule has 174 valence electrons. The second kappa shape index (κ2) is 11.5. The molecule has 0 saturated carbocycles. The highest BCUT2D eigenvalue weighted by Crippen LogP contribution is 2.39. The molecule has 8 nitrogen and oxygen atoms in total. The molecule has 1 aromatic carbocycles. The van der Waals surface area contributed by atoms with Crippen LogP contribution in [0.2, 0.25) is 0 Å². The number of anilines is 1. The Kier molecular flexibility index (Phi) is 8.45. The van der Waals surface area contributed by atoms with Crippen molar-refractivity contribution in [1.82, 2.24) is 0 Å². The number of esters is 2. The Morgan fingerprint density at radius 2 is 1.79 bits per heavy atom. The van der Waals surface area contributed by atoms with Crippen LogP contribution in [0.3, 0.4) is 0 Å².